The molecular formula is C23H16N2O3S. The fraction of sp³-hybridized carbons (Fsp3) is 0.0870. The first-order chi connectivity index (χ1) is 13.9. The number of hydrogen-bond acceptors (Lipinski definition) is 5. The van der Waals surface area contributed by atoms with E-state index in [0.29, 0.717) is 38.9 Å². The maximum absolute atomic E-state index is 13.0. The Morgan fingerprint density at radius 3 is 2.59 bits per heavy atom. The minimum atomic E-state index is -0.146. The van der Waals surface area contributed by atoms with E-state index in [1.165, 1.54) is 0 Å². The highest BCUT2D eigenvalue weighted by Gasteiger charge is 2.28. The van der Waals surface area contributed by atoms with E-state index in [0.717, 1.165) is 34.0 Å². The Balaban J connectivity index is 1.59. The van der Waals surface area contributed by atoms with Crippen LogP contribution in [0.15, 0.2) is 58.6 Å². The summed E-state index contributed by atoms with van der Waals surface area (Å²) >= 11 is 1.01. The van der Waals surface area contributed by atoms with Crippen LogP contribution in [0.4, 0.5) is 0 Å². The van der Waals surface area contributed by atoms with Crippen molar-refractivity contribution in [3.63, 3.8) is 0 Å². The average Bonchev–Trinajstić information content (AvgIpc) is 3.27. The molecule has 0 atom stereocenters. The minimum absolute atomic E-state index is 0.0392. The van der Waals surface area contributed by atoms with Gasteiger partial charge in [0.15, 0.2) is 10.9 Å². The third-order valence-electron chi connectivity index (χ3n) is 5.13. The van der Waals surface area contributed by atoms with Gasteiger partial charge in [-0.05, 0) is 54.9 Å². The van der Waals surface area contributed by atoms with E-state index < -0.39 is 0 Å². The van der Waals surface area contributed by atoms with Crippen LogP contribution < -0.4 is 0 Å². The highest BCUT2D eigenvalue weighted by atomic mass is 32.2. The zero-order valence-electron chi connectivity index (χ0n) is 15.8. The van der Waals surface area contributed by atoms with Crippen molar-refractivity contribution in [2.75, 3.05) is 0 Å². The molecule has 1 N–H and O–H groups in total. The quantitative estimate of drug-likeness (QED) is 0.406. The lowest BCUT2D eigenvalue weighted by atomic mass is 9.81. The number of aryl methyl sites for hydroxylation is 2. The highest BCUT2D eigenvalue weighted by Crippen LogP contribution is 2.39. The molecule has 2 aromatic heterocycles. The smallest absolute Gasteiger partial charge is 0.230 e. The first kappa shape index (κ1) is 17.7. The van der Waals surface area contributed by atoms with Crippen LogP contribution >= 0.6 is 11.8 Å². The molecule has 0 amide bonds. The lowest BCUT2D eigenvalue weighted by Gasteiger charge is -2.20. The number of benzene rings is 2. The summed E-state index contributed by atoms with van der Waals surface area (Å²) in [7, 11) is 0. The van der Waals surface area contributed by atoms with E-state index in [2.05, 4.69) is 16.5 Å². The number of furan rings is 1. The van der Waals surface area contributed by atoms with Gasteiger partial charge in [-0.15, -0.1) is 0 Å². The summed E-state index contributed by atoms with van der Waals surface area (Å²) in [4.78, 5) is 33.4. The normalized spacial score (nSPS) is 12.9. The predicted octanol–water partition coefficient (Wildman–Crippen LogP) is 5.31. The SMILES string of the molecule is C=C1c2ccccc2C(=O)c2ccc3[nH]c(SC(=O)c4cc(C)oc4C)nc3c21. The van der Waals surface area contributed by atoms with Gasteiger partial charge in [-0.25, -0.2) is 4.98 Å². The third-order valence-corrected chi connectivity index (χ3v) is 5.92. The number of ketones is 1. The molecule has 0 spiro atoms. The van der Waals surface area contributed by atoms with Gasteiger partial charge in [-0.3, -0.25) is 9.59 Å². The molecule has 2 aromatic carbocycles. The standard InChI is InChI=1S/C23H16N2O3S/c1-11-10-17(13(3)28-11)22(27)29-23-24-18-9-8-16-19(20(18)25-23)12(2)14-6-4-5-7-15(14)21(16)26/h4-10H,2H2,1,3H3,(H,24,25). The molecule has 0 saturated heterocycles. The Bertz CT molecular complexity index is 1360. The molecule has 0 bridgehead atoms. The van der Waals surface area contributed by atoms with Gasteiger partial charge in [0.1, 0.15) is 11.5 Å². The lowest BCUT2D eigenvalue weighted by molar-refractivity contribution is 0.103. The largest absolute Gasteiger partial charge is 0.466 e. The van der Waals surface area contributed by atoms with E-state index >= 15 is 0 Å². The Labute approximate surface area is 170 Å². The van der Waals surface area contributed by atoms with Gasteiger partial charge in [0, 0.05) is 16.7 Å². The number of aromatic nitrogens is 2. The van der Waals surface area contributed by atoms with Crippen LogP contribution in [0.25, 0.3) is 16.6 Å². The van der Waals surface area contributed by atoms with E-state index in [4.69, 9.17) is 4.42 Å². The van der Waals surface area contributed by atoms with Crippen LogP contribution in [0.5, 0.6) is 0 Å². The van der Waals surface area contributed by atoms with Gasteiger partial charge >= 0.3 is 0 Å². The summed E-state index contributed by atoms with van der Waals surface area (Å²) in [5.41, 5.74) is 5.46. The fourth-order valence-corrected chi connectivity index (χ4v) is 4.58. The van der Waals surface area contributed by atoms with Crippen molar-refractivity contribution in [1.82, 2.24) is 9.97 Å². The Morgan fingerprint density at radius 2 is 1.86 bits per heavy atom. The number of carbonyl (C=O) groups excluding carboxylic acids is 2. The number of thioether (sulfide) groups is 1. The second-order valence-electron chi connectivity index (χ2n) is 7.00. The number of nitrogens with zero attached hydrogens (tertiary/aromatic N) is 1. The Kier molecular flexibility index (Phi) is 3.86. The van der Waals surface area contributed by atoms with Gasteiger partial charge in [0.2, 0.25) is 5.12 Å². The second-order valence-corrected chi connectivity index (χ2v) is 7.96. The van der Waals surface area contributed by atoms with Crippen LogP contribution in [0, 0.1) is 13.8 Å². The molecule has 142 valence electrons. The van der Waals surface area contributed by atoms with Crippen molar-refractivity contribution >= 4 is 39.3 Å². The Hall–Kier alpha value is -3.38. The molecule has 0 fully saturated rings. The number of imidazole rings is 1. The zero-order valence-corrected chi connectivity index (χ0v) is 16.6. The molecule has 0 saturated carbocycles. The molecule has 0 unspecified atom stereocenters. The highest BCUT2D eigenvalue weighted by molar-refractivity contribution is 8.14. The van der Waals surface area contributed by atoms with E-state index in [9.17, 15) is 9.59 Å². The number of nitrogens with one attached hydrogen (secondary N) is 1. The summed E-state index contributed by atoms with van der Waals surface area (Å²) in [5, 5.41) is 0.322. The molecule has 6 heteroatoms. The van der Waals surface area contributed by atoms with Crippen molar-refractivity contribution in [2.45, 2.75) is 19.0 Å². The minimum Gasteiger partial charge on any atom is -0.466 e. The van der Waals surface area contributed by atoms with Crippen LogP contribution in [-0.2, 0) is 0 Å². The monoisotopic (exact) mass is 400 g/mol. The van der Waals surface area contributed by atoms with Crippen molar-refractivity contribution < 1.29 is 14.0 Å². The van der Waals surface area contributed by atoms with Gasteiger partial charge in [0.25, 0.3) is 0 Å². The maximum Gasteiger partial charge on any atom is 0.230 e. The van der Waals surface area contributed by atoms with Crippen molar-refractivity contribution in [3.8, 4) is 0 Å². The number of carbonyl (C=O) groups is 2. The van der Waals surface area contributed by atoms with E-state index in [-0.39, 0.29) is 10.9 Å². The molecule has 2 heterocycles. The van der Waals surface area contributed by atoms with Gasteiger partial charge in [0.05, 0.1) is 16.6 Å². The van der Waals surface area contributed by atoms with Crippen LogP contribution in [-0.4, -0.2) is 20.9 Å². The van der Waals surface area contributed by atoms with E-state index in [1.54, 1.807) is 19.1 Å². The summed E-state index contributed by atoms with van der Waals surface area (Å²) in [6.07, 6.45) is 0. The van der Waals surface area contributed by atoms with Crippen LogP contribution in [0.2, 0.25) is 0 Å². The molecule has 1 aliphatic rings. The van der Waals surface area contributed by atoms with E-state index in [1.807, 2.05) is 37.3 Å². The molecule has 0 aliphatic heterocycles. The molecule has 1 aliphatic carbocycles. The molecule has 5 rings (SSSR count). The fourth-order valence-electron chi connectivity index (χ4n) is 3.80. The number of fused-ring (bicyclic) bond motifs is 4. The molecule has 0 radical (unpaired) electrons. The number of aromatic amines is 1. The maximum atomic E-state index is 13.0. The number of hydrogen-bond donors (Lipinski definition) is 1. The van der Waals surface area contributed by atoms with Crippen molar-refractivity contribution in [3.05, 3.63) is 88.4 Å². The van der Waals surface area contributed by atoms with Crippen molar-refractivity contribution in [2.24, 2.45) is 0 Å². The number of H-pyrrole nitrogens is 1. The van der Waals surface area contributed by atoms with Crippen LogP contribution in [0.3, 0.4) is 0 Å². The van der Waals surface area contributed by atoms with Crippen LogP contribution in [0.1, 0.15) is 48.9 Å². The van der Waals surface area contributed by atoms with Gasteiger partial charge < -0.3 is 9.40 Å². The van der Waals surface area contributed by atoms with Gasteiger partial charge in [-0.1, -0.05) is 30.8 Å². The topological polar surface area (TPSA) is 76.0 Å². The third kappa shape index (κ3) is 2.68. The number of rotatable bonds is 2. The molecule has 5 nitrogen and oxygen atoms in total. The zero-order chi connectivity index (χ0) is 20.3. The first-order valence-corrected chi connectivity index (χ1v) is 9.91. The summed E-state index contributed by atoms with van der Waals surface area (Å²) < 4.78 is 5.45. The lowest BCUT2D eigenvalue weighted by Crippen LogP contribution is -2.14. The second kappa shape index (κ2) is 6.32. The summed E-state index contributed by atoms with van der Waals surface area (Å²) in [6, 6.07) is 12.8. The summed E-state index contributed by atoms with van der Waals surface area (Å²) in [6.45, 7) is 7.80. The van der Waals surface area contributed by atoms with Gasteiger partial charge in [-0.2, -0.15) is 0 Å². The predicted molar refractivity (Wildman–Crippen MR) is 112 cm³/mol. The molecule has 4 aromatic rings. The molecule has 29 heavy (non-hydrogen) atoms. The summed E-state index contributed by atoms with van der Waals surface area (Å²) in [5.74, 6) is 1.24. The average molecular weight is 400 g/mol. The first-order valence-electron chi connectivity index (χ1n) is 9.09. The molecular weight excluding hydrogens is 384 g/mol. The Morgan fingerprint density at radius 1 is 1.10 bits per heavy atom. The van der Waals surface area contributed by atoms with Crippen molar-refractivity contribution in [1.29, 1.82) is 0 Å².